The van der Waals surface area contributed by atoms with Crippen LogP contribution in [0.1, 0.15) is 110 Å². The summed E-state index contributed by atoms with van der Waals surface area (Å²) in [4.78, 5) is 10.3. The number of aliphatic carboxylic acids is 1. The van der Waals surface area contributed by atoms with Crippen LogP contribution in [0, 0.1) is 0 Å². The van der Waals surface area contributed by atoms with Crippen molar-refractivity contribution in [1.82, 2.24) is 0 Å². The van der Waals surface area contributed by atoms with E-state index in [1.54, 1.807) is 0 Å². The summed E-state index contributed by atoms with van der Waals surface area (Å²) in [6.07, 6.45) is 19.2. The molecule has 0 aromatic carbocycles. The Bertz CT molecular complexity index is 450. The quantitative estimate of drug-likeness (QED) is 0.0790. The summed E-state index contributed by atoms with van der Waals surface area (Å²) >= 11 is 0. The van der Waals surface area contributed by atoms with E-state index in [9.17, 15) is 4.79 Å². The summed E-state index contributed by atoms with van der Waals surface area (Å²) in [5.41, 5.74) is 0. The van der Waals surface area contributed by atoms with E-state index in [4.69, 9.17) is 37.9 Å². The molecule has 0 bridgehead atoms. The molecule has 0 aromatic heterocycles. The van der Waals surface area contributed by atoms with Crippen molar-refractivity contribution in [1.29, 1.82) is 0 Å². The zero-order valence-electron chi connectivity index (χ0n) is 20.1. The fourth-order valence-electron chi connectivity index (χ4n) is 2.71. The van der Waals surface area contributed by atoms with Crippen LogP contribution in [0.2, 0.25) is 0 Å². The number of carbonyl (C=O) groups is 1. The number of carboxylic acid groups (broad SMARTS) is 1. The van der Waals surface area contributed by atoms with Gasteiger partial charge in [-0.2, -0.15) is 0 Å². The zero-order chi connectivity index (χ0) is 24.4. The molecule has 0 saturated heterocycles. The summed E-state index contributed by atoms with van der Waals surface area (Å²) in [5, 5.41) is 32.5. The van der Waals surface area contributed by atoms with E-state index in [2.05, 4.69) is 6.92 Å². The van der Waals surface area contributed by atoms with Crippen LogP contribution in [0.3, 0.4) is 0 Å². The van der Waals surface area contributed by atoms with Gasteiger partial charge in [-0.3, -0.25) is 9.35 Å². The van der Waals surface area contributed by atoms with Crippen LogP contribution in [0.4, 0.5) is 0 Å². The molecule has 0 rings (SSSR count). The summed E-state index contributed by atoms with van der Waals surface area (Å²) in [6, 6.07) is 0. The summed E-state index contributed by atoms with van der Waals surface area (Å²) in [7, 11) is -4.92. The SMILES string of the molecule is CCCCCCCCCCCCCCCCCC(=O)O.O=S(=O)([O-])O.OCC(O)CO.[Na+]. The molecule has 0 heterocycles. The Morgan fingerprint density at radius 2 is 1.00 bits per heavy atom. The molecule has 0 unspecified atom stereocenters. The van der Waals surface area contributed by atoms with Gasteiger partial charge in [0.25, 0.3) is 0 Å². The second-order valence-corrected chi connectivity index (χ2v) is 8.40. The van der Waals surface area contributed by atoms with Crippen molar-refractivity contribution in [3.63, 3.8) is 0 Å². The van der Waals surface area contributed by atoms with Gasteiger partial charge >= 0.3 is 35.5 Å². The molecule has 0 aliphatic heterocycles. The normalized spacial score (nSPS) is 10.5. The first-order valence-electron chi connectivity index (χ1n) is 11.4. The van der Waals surface area contributed by atoms with Crippen molar-refractivity contribution in [3.05, 3.63) is 0 Å². The monoisotopic (exact) mass is 496 g/mol. The number of unbranched alkanes of at least 4 members (excludes halogenated alkanes) is 14. The molecule has 0 atom stereocenters. The maximum Gasteiger partial charge on any atom is 1.00 e. The number of aliphatic hydroxyl groups excluding tert-OH is 3. The maximum atomic E-state index is 10.3. The third kappa shape index (κ3) is 57.3. The second-order valence-electron chi connectivity index (χ2n) is 7.54. The summed E-state index contributed by atoms with van der Waals surface area (Å²) in [5.74, 6) is -0.653. The zero-order valence-corrected chi connectivity index (χ0v) is 22.9. The minimum Gasteiger partial charge on any atom is -0.726 e. The fraction of sp³-hybridized carbons (Fsp3) is 0.952. The Labute approximate surface area is 216 Å². The number of carboxylic acids is 1. The summed E-state index contributed by atoms with van der Waals surface area (Å²) < 4.78 is 32.8. The van der Waals surface area contributed by atoms with Crippen LogP contribution in [-0.4, -0.2) is 63.2 Å². The van der Waals surface area contributed by atoms with E-state index in [-0.39, 0.29) is 42.8 Å². The van der Waals surface area contributed by atoms with Crippen molar-refractivity contribution < 1.29 is 72.3 Å². The molecule has 11 heteroatoms. The number of aliphatic hydroxyl groups is 3. The van der Waals surface area contributed by atoms with E-state index in [1.165, 1.54) is 83.5 Å². The van der Waals surface area contributed by atoms with Crippen molar-refractivity contribution in [2.75, 3.05) is 13.2 Å². The molecule has 0 aliphatic rings. The molecule has 32 heavy (non-hydrogen) atoms. The van der Waals surface area contributed by atoms with Gasteiger partial charge < -0.3 is 25.0 Å². The molecule has 0 aliphatic carbocycles. The molecule has 0 aromatic rings. The van der Waals surface area contributed by atoms with Crippen LogP contribution in [0.5, 0.6) is 0 Å². The third-order valence-corrected chi connectivity index (χ3v) is 4.42. The van der Waals surface area contributed by atoms with Crippen LogP contribution >= 0.6 is 0 Å². The Morgan fingerprint density at radius 1 is 0.750 bits per heavy atom. The first-order valence-corrected chi connectivity index (χ1v) is 12.7. The fourth-order valence-corrected chi connectivity index (χ4v) is 2.71. The van der Waals surface area contributed by atoms with Gasteiger partial charge in [0.1, 0.15) is 6.10 Å². The molecule has 0 fully saturated rings. The predicted molar refractivity (Wildman–Crippen MR) is 120 cm³/mol. The van der Waals surface area contributed by atoms with Gasteiger partial charge in [-0.05, 0) is 6.42 Å². The molecular weight excluding hydrogens is 451 g/mol. The molecule has 5 N–H and O–H groups in total. The maximum absolute atomic E-state index is 10.3. The molecule has 0 radical (unpaired) electrons. The second kappa shape index (κ2) is 31.2. The van der Waals surface area contributed by atoms with Gasteiger partial charge in [-0.1, -0.05) is 96.8 Å². The van der Waals surface area contributed by atoms with E-state index in [0.717, 1.165) is 12.8 Å². The van der Waals surface area contributed by atoms with Gasteiger partial charge in [-0.15, -0.1) is 0 Å². The summed E-state index contributed by atoms with van der Waals surface area (Å²) in [6.45, 7) is 1.54. The molecule has 190 valence electrons. The Kier molecular flexibility index (Phi) is 38.5. The van der Waals surface area contributed by atoms with E-state index < -0.39 is 22.5 Å². The predicted octanol–water partition coefficient (Wildman–Crippen LogP) is 0.673. The van der Waals surface area contributed by atoms with Gasteiger partial charge in [0.05, 0.1) is 13.2 Å². The van der Waals surface area contributed by atoms with E-state index in [1.807, 2.05) is 0 Å². The average Bonchev–Trinajstić information content (AvgIpc) is 2.69. The molecule has 9 nitrogen and oxygen atoms in total. The van der Waals surface area contributed by atoms with E-state index in [0.29, 0.717) is 6.42 Å². The van der Waals surface area contributed by atoms with Gasteiger partial charge in [0, 0.05) is 6.42 Å². The van der Waals surface area contributed by atoms with Crippen molar-refractivity contribution >= 4 is 16.4 Å². The topological polar surface area (TPSA) is 175 Å². The first-order chi connectivity index (χ1) is 14.6. The van der Waals surface area contributed by atoms with E-state index >= 15 is 0 Å². The molecule has 0 spiro atoms. The van der Waals surface area contributed by atoms with Crippen molar-refractivity contribution in [3.8, 4) is 0 Å². The standard InChI is InChI=1S/C18H36O2.C3H8O3.Na.H2O4S/c1-2-3-4-5-6-7-8-9-10-11-12-13-14-15-16-17-18(19)20;4-1-3(6)2-5;;1-5(2,3)4/h2-17H2,1H3,(H,19,20);3-6H,1-2H2;;(H2,1,2,3,4)/q;;+1;/p-1. The largest absolute Gasteiger partial charge is 1.00 e. The van der Waals surface area contributed by atoms with Crippen LogP contribution in [-0.2, 0) is 15.2 Å². The minimum atomic E-state index is -4.92. The third-order valence-electron chi connectivity index (χ3n) is 4.42. The Hall–Kier alpha value is 0.220. The van der Waals surface area contributed by atoms with Gasteiger partial charge in [0.15, 0.2) is 0 Å². The van der Waals surface area contributed by atoms with Crippen LogP contribution in [0.15, 0.2) is 0 Å². The Morgan fingerprint density at radius 3 is 1.19 bits per heavy atom. The smallest absolute Gasteiger partial charge is 0.726 e. The molecular formula is C21H45NaO9S. The van der Waals surface area contributed by atoms with Crippen LogP contribution < -0.4 is 29.6 Å². The number of hydrogen-bond acceptors (Lipinski definition) is 7. The van der Waals surface area contributed by atoms with Crippen molar-refractivity contribution in [2.45, 2.75) is 116 Å². The Balaban J connectivity index is -0.000000269. The van der Waals surface area contributed by atoms with Gasteiger partial charge in [0.2, 0.25) is 10.4 Å². The number of hydrogen-bond donors (Lipinski definition) is 5. The first kappa shape index (κ1) is 39.4. The van der Waals surface area contributed by atoms with Crippen molar-refractivity contribution in [2.24, 2.45) is 0 Å². The average molecular weight is 497 g/mol. The molecule has 0 amide bonds. The van der Waals surface area contributed by atoms with Crippen LogP contribution in [0.25, 0.3) is 0 Å². The van der Waals surface area contributed by atoms with Gasteiger partial charge in [-0.25, -0.2) is 8.42 Å². The number of rotatable bonds is 18. The molecule has 0 saturated carbocycles. The minimum absolute atomic E-state index is 0.